The van der Waals surface area contributed by atoms with Crippen molar-refractivity contribution in [3.8, 4) is 0 Å². The molecule has 0 heterocycles. The Bertz CT molecular complexity index is 361. The van der Waals surface area contributed by atoms with Crippen LogP contribution in [0.1, 0.15) is 18.9 Å². The topological polar surface area (TPSA) is 0 Å². The summed E-state index contributed by atoms with van der Waals surface area (Å²) in [6.07, 6.45) is 3.71. The van der Waals surface area contributed by atoms with Crippen molar-refractivity contribution in [1.29, 1.82) is 0 Å². The van der Waals surface area contributed by atoms with Gasteiger partial charge in [-0.15, -0.1) is 11.6 Å². The summed E-state index contributed by atoms with van der Waals surface area (Å²) in [5, 5.41) is 0. The third kappa shape index (κ3) is 4.35. The molecule has 0 fully saturated rings. The van der Waals surface area contributed by atoms with E-state index in [1.165, 1.54) is 11.6 Å². The van der Waals surface area contributed by atoms with E-state index in [9.17, 15) is 4.39 Å². The van der Waals surface area contributed by atoms with E-state index in [1.54, 1.807) is 12.1 Å². The second-order valence-corrected chi connectivity index (χ2v) is 4.67. The van der Waals surface area contributed by atoms with Gasteiger partial charge < -0.3 is 0 Å². The number of hydrogen-bond acceptors (Lipinski definition) is 0. The number of rotatable bonds is 4. The first-order valence-electron chi connectivity index (χ1n) is 4.79. The first-order chi connectivity index (χ1) is 7.13. The highest BCUT2D eigenvalue weighted by molar-refractivity contribution is 9.10. The standard InChI is InChI=1S/C12H13BrClF/c1-9(3-2-6-14)7-10-8-11(15)4-5-12(10)13/h3-5,8H,2,6-7H2,1H3. The van der Waals surface area contributed by atoms with Crippen LogP contribution < -0.4 is 0 Å². The van der Waals surface area contributed by atoms with Gasteiger partial charge in [-0.05, 0) is 43.5 Å². The van der Waals surface area contributed by atoms with Gasteiger partial charge in [-0.2, -0.15) is 0 Å². The third-order valence-corrected chi connectivity index (χ3v) is 3.07. The molecule has 0 unspecified atom stereocenters. The lowest BCUT2D eigenvalue weighted by Gasteiger charge is -2.05. The Morgan fingerprint density at radius 3 is 2.93 bits per heavy atom. The van der Waals surface area contributed by atoms with Gasteiger partial charge in [-0.1, -0.05) is 27.6 Å². The van der Waals surface area contributed by atoms with Crippen LogP contribution in [-0.4, -0.2) is 5.88 Å². The maximum absolute atomic E-state index is 13.0. The minimum atomic E-state index is -0.196. The summed E-state index contributed by atoms with van der Waals surface area (Å²) in [5.74, 6) is 0.431. The normalized spacial score (nSPS) is 11.9. The smallest absolute Gasteiger partial charge is 0.123 e. The van der Waals surface area contributed by atoms with E-state index in [0.29, 0.717) is 5.88 Å². The van der Waals surface area contributed by atoms with E-state index in [-0.39, 0.29) is 5.82 Å². The summed E-state index contributed by atoms with van der Waals surface area (Å²) in [4.78, 5) is 0. The van der Waals surface area contributed by atoms with Gasteiger partial charge in [0.1, 0.15) is 5.82 Å². The van der Waals surface area contributed by atoms with Gasteiger partial charge in [-0.25, -0.2) is 4.39 Å². The minimum absolute atomic E-state index is 0.196. The molecule has 0 aliphatic carbocycles. The molecule has 0 spiro atoms. The first kappa shape index (κ1) is 12.7. The number of halogens is 3. The minimum Gasteiger partial charge on any atom is -0.207 e. The van der Waals surface area contributed by atoms with E-state index >= 15 is 0 Å². The Balaban J connectivity index is 2.75. The second-order valence-electron chi connectivity index (χ2n) is 3.44. The molecule has 1 aromatic carbocycles. The third-order valence-electron chi connectivity index (χ3n) is 2.08. The lowest BCUT2D eigenvalue weighted by atomic mass is 10.1. The molecule has 0 atom stereocenters. The van der Waals surface area contributed by atoms with Gasteiger partial charge >= 0.3 is 0 Å². The van der Waals surface area contributed by atoms with E-state index in [0.717, 1.165) is 22.9 Å². The highest BCUT2D eigenvalue weighted by atomic mass is 79.9. The Kier molecular flexibility index (Phi) is 5.34. The highest BCUT2D eigenvalue weighted by Crippen LogP contribution is 2.20. The molecule has 0 aliphatic heterocycles. The molecule has 0 N–H and O–H groups in total. The average molecular weight is 292 g/mol. The van der Waals surface area contributed by atoms with Gasteiger partial charge in [0.2, 0.25) is 0 Å². The van der Waals surface area contributed by atoms with Crippen LogP contribution in [0.2, 0.25) is 0 Å². The van der Waals surface area contributed by atoms with E-state index < -0.39 is 0 Å². The first-order valence-corrected chi connectivity index (χ1v) is 6.11. The summed E-state index contributed by atoms with van der Waals surface area (Å²) in [6, 6.07) is 4.74. The second kappa shape index (κ2) is 6.29. The lowest BCUT2D eigenvalue weighted by molar-refractivity contribution is 0.625. The quantitative estimate of drug-likeness (QED) is 0.557. The zero-order valence-electron chi connectivity index (χ0n) is 8.56. The molecule has 0 aromatic heterocycles. The zero-order chi connectivity index (χ0) is 11.3. The predicted octanol–water partition coefficient (Wildman–Crippen LogP) is 4.71. The zero-order valence-corrected chi connectivity index (χ0v) is 10.9. The Morgan fingerprint density at radius 2 is 2.27 bits per heavy atom. The van der Waals surface area contributed by atoms with Gasteiger partial charge in [0.25, 0.3) is 0 Å². The number of alkyl halides is 1. The molecule has 0 nitrogen and oxygen atoms in total. The SMILES string of the molecule is CC(=CCCCl)Cc1cc(F)ccc1Br. The van der Waals surface area contributed by atoms with Gasteiger partial charge in [0.05, 0.1) is 0 Å². The largest absolute Gasteiger partial charge is 0.207 e. The molecule has 0 amide bonds. The van der Waals surface area contributed by atoms with E-state index in [1.807, 2.05) is 6.92 Å². The molecule has 15 heavy (non-hydrogen) atoms. The van der Waals surface area contributed by atoms with Gasteiger partial charge in [0.15, 0.2) is 0 Å². The van der Waals surface area contributed by atoms with Crippen LogP contribution in [0, 0.1) is 5.82 Å². The molecule has 82 valence electrons. The van der Waals surface area contributed by atoms with Crippen LogP contribution in [0.25, 0.3) is 0 Å². The number of hydrogen-bond donors (Lipinski definition) is 0. The molecule has 1 rings (SSSR count). The van der Waals surface area contributed by atoms with Gasteiger partial charge in [-0.3, -0.25) is 0 Å². The Hall–Kier alpha value is -0.340. The Labute approximate surface area is 103 Å². The molecule has 1 aromatic rings. The van der Waals surface area contributed by atoms with Crippen molar-refractivity contribution < 1.29 is 4.39 Å². The van der Waals surface area contributed by atoms with Crippen molar-refractivity contribution in [3.63, 3.8) is 0 Å². The van der Waals surface area contributed by atoms with Crippen LogP contribution in [-0.2, 0) is 6.42 Å². The Morgan fingerprint density at radius 1 is 1.53 bits per heavy atom. The lowest BCUT2D eigenvalue weighted by Crippen LogP contribution is -1.90. The number of benzene rings is 1. The number of allylic oxidation sites excluding steroid dienone is 2. The summed E-state index contributed by atoms with van der Waals surface area (Å²) in [6.45, 7) is 2.03. The molecule has 0 aliphatic rings. The molecule has 3 heteroatoms. The highest BCUT2D eigenvalue weighted by Gasteiger charge is 2.02. The molecule has 0 saturated heterocycles. The van der Waals surface area contributed by atoms with Gasteiger partial charge in [0, 0.05) is 10.4 Å². The molecule has 0 saturated carbocycles. The van der Waals surface area contributed by atoms with Crippen molar-refractivity contribution in [2.45, 2.75) is 19.8 Å². The van der Waals surface area contributed by atoms with E-state index in [2.05, 4.69) is 22.0 Å². The molecular formula is C12H13BrClF. The maximum atomic E-state index is 13.0. The van der Waals surface area contributed by atoms with Crippen molar-refractivity contribution in [2.24, 2.45) is 0 Å². The summed E-state index contributed by atoms with van der Waals surface area (Å²) >= 11 is 9.00. The van der Waals surface area contributed by atoms with Crippen LogP contribution >= 0.6 is 27.5 Å². The van der Waals surface area contributed by atoms with E-state index in [4.69, 9.17) is 11.6 Å². The molecule has 0 bridgehead atoms. The van der Waals surface area contributed by atoms with Crippen molar-refractivity contribution >= 4 is 27.5 Å². The fourth-order valence-corrected chi connectivity index (χ4v) is 1.85. The van der Waals surface area contributed by atoms with Crippen LogP contribution in [0.15, 0.2) is 34.3 Å². The van der Waals surface area contributed by atoms with Crippen LogP contribution in [0.4, 0.5) is 4.39 Å². The maximum Gasteiger partial charge on any atom is 0.123 e. The summed E-state index contributed by atoms with van der Waals surface area (Å²) < 4.78 is 13.9. The van der Waals surface area contributed by atoms with Crippen molar-refractivity contribution in [3.05, 3.63) is 45.7 Å². The average Bonchev–Trinajstić information content (AvgIpc) is 2.20. The summed E-state index contributed by atoms with van der Waals surface area (Å²) in [7, 11) is 0. The fourth-order valence-electron chi connectivity index (χ4n) is 1.35. The molecular weight excluding hydrogens is 278 g/mol. The van der Waals surface area contributed by atoms with Crippen molar-refractivity contribution in [2.75, 3.05) is 5.88 Å². The van der Waals surface area contributed by atoms with Crippen LogP contribution in [0.3, 0.4) is 0 Å². The fraction of sp³-hybridized carbons (Fsp3) is 0.333. The van der Waals surface area contributed by atoms with Crippen molar-refractivity contribution in [1.82, 2.24) is 0 Å². The predicted molar refractivity (Wildman–Crippen MR) is 66.9 cm³/mol. The van der Waals surface area contributed by atoms with Crippen LogP contribution in [0.5, 0.6) is 0 Å². The summed E-state index contributed by atoms with van der Waals surface area (Å²) in [5.41, 5.74) is 2.18. The monoisotopic (exact) mass is 290 g/mol. The molecule has 0 radical (unpaired) electrons.